The predicted molar refractivity (Wildman–Crippen MR) is 71.4 cm³/mol. The Hall–Kier alpha value is -1.36. The maximum absolute atomic E-state index is 11.1. The van der Waals surface area contributed by atoms with Gasteiger partial charge in [-0.05, 0) is 36.1 Å². The van der Waals surface area contributed by atoms with Crippen molar-refractivity contribution in [1.29, 1.82) is 0 Å². The van der Waals surface area contributed by atoms with Crippen molar-refractivity contribution in [3.05, 3.63) is 56.7 Å². The van der Waals surface area contributed by atoms with Gasteiger partial charge in [0.15, 0.2) is 0 Å². The lowest BCUT2D eigenvalue weighted by Crippen LogP contribution is -2.23. The van der Waals surface area contributed by atoms with Gasteiger partial charge in [0.1, 0.15) is 5.60 Å². The number of hydrogen-bond donors (Lipinski definition) is 2. The van der Waals surface area contributed by atoms with E-state index in [9.17, 15) is 9.90 Å². The number of benzene rings is 1. The number of thiophene rings is 1. The van der Waals surface area contributed by atoms with E-state index in [4.69, 9.17) is 16.7 Å². The van der Waals surface area contributed by atoms with E-state index in [1.165, 1.54) is 17.4 Å². The van der Waals surface area contributed by atoms with Crippen molar-refractivity contribution >= 4 is 28.9 Å². The molecule has 0 aliphatic rings. The molecule has 2 rings (SSSR count). The summed E-state index contributed by atoms with van der Waals surface area (Å²) in [5, 5.41) is 21.8. The molecule has 2 aromatic rings. The third-order valence-electron chi connectivity index (χ3n) is 2.72. The SMILES string of the molecule is CC(O)(c1cccc(Cl)c1)c1sccc1C(=O)O. The lowest BCUT2D eigenvalue weighted by Gasteiger charge is -2.23. The van der Waals surface area contributed by atoms with Crippen molar-refractivity contribution in [2.24, 2.45) is 0 Å². The van der Waals surface area contributed by atoms with Crippen molar-refractivity contribution < 1.29 is 15.0 Å². The van der Waals surface area contributed by atoms with Crippen LogP contribution in [0.1, 0.15) is 27.7 Å². The van der Waals surface area contributed by atoms with Crippen molar-refractivity contribution in [2.45, 2.75) is 12.5 Å². The third-order valence-corrected chi connectivity index (χ3v) is 4.08. The molecule has 5 heteroatoms. The van der Waals surface area contributed by atoms with Crippen LogP contribution in [0.15, 0.2) is 35.7 Å². The third kappa shape index (κ3) is 2.27. The molecule has 0 saturated carbocycles. The average molecular weight is 283 g/mol. The topological polar surface area (TPSA) is 57.5 Å². The highest BCUT2D eigenvalue weighted by Crippen LogP contribution is 2.36. The molecule has 94 valence electrons. The molecule has 1 atom stereocenters. The first-order chi connectivity index (χ1) is 8.43. The Kier molecular flexibility index (Phi) is 3.43. The maximum Gasteiger partial charge on any atom is 0.336 e. The average Bonchev–Trinajstić information content (AvgIpc) is 2.78. The lowest BCUT2D eigenvalue weighted by atomic mass is 9.92. The summed E-state index contributed by atoms with van der Waals surface area (Å²) in [6, 6.07) is 8.26. The molecule has 0 fully saturated rings. The fourth-order valence-corrected chi connectivity index (χ4v) is 2.94. The Balaban J connectivity index is 2.54. The molecule has 2 N–H and O–H groups in total. The Morgan fingerprint density at radius 2 is 2.11 bits per heavy atom. The van der Waals surface area contributed by atoms with Crippen molar-refractivity contribution in [2.75, 3.05) is 0 Å². The zero-order chi connectivity index (χ0) is 13.3. The first kappa shape index (κ1) is 13.1. The number of carboxylic acids is 1. The quantitative estimate of drug-likeness (QED) is 0.907. The Bertz CT molecular complexity index is 589. The van der Waals surface area contributed by atoms with Crippen molar-refractivity contribution in [3.63, 3.8) is 0 Å². The summed E-state index contributed by atoms with van der Waals surface area (Å²) in [5.41, 5.74) is -0.683. The molecule has 1 unspecified atom stereocenters. The molecule has 0 aliphatic heterocycles. The molecule has 1 aromatic heterocycles. The number of aromatic carboxylic acids is 1. The summed E-state index contributed by atoms with van der Waals surface area (Å²) in [7, 11) is 0. The Morgan fingerprint density at radius 1 is 1.39 bits per heavy atom. The molecule has 1 aromatic carbocycles. The number of halogens is 1. The number of hydrogen-bond acceptors (Lipinski definition) is 3. The fraction of sp³-hybridized carbons (Fsp3) is 0.154. The van der Waals surface area contributed by atoms with Gasteiger partial charge in [-0.2, -0.15) is 0 Å². The second-order valence-corrected chi connectivity index (χ2v) is 5.40. The highest BCUT2D eigenvalue weighted by atomic mass is 35.5. The summed E-state index contributed by atoms with van der Waals surface area (Å²) in [6.07, 6.45) is 0. The van der Waals surface area contributed by atoms with Crippen LogP contribution in [0.25, 0.3) is 0 Å². The minimum atomic E-state index is -1.37. The van der Waals surface area contributed by atoms with Gasteiger partial charge in [-0.1, -0.05) is 23.7 Å². The lowest BCUT2D eigenvalue weighted by molar-refractivity contribution is 0.0674. The van der Waals surface area contributed by atoms with E-state index in [-0.39, 0.29) is 5.56 Å². The van der Waals surface area contributed by atoms with Crippen LogP contribution >= 0.6 is 22.9 Å². The van der Waals surface area contributed by atoms with E-state index in [2.05, 4.69) is 0 Å². The fourth-order valence-electron chi connectivity index (χ4n) is 1.78. The second-order valence-electron chi connectivity index (χ2n) is 4.05. The van der Waals surface area contributed by atoms with Gasteiger partial charge in [-0.3, -0.25) is 0 Å². The van der Waals surface area contributed by atoms with Gasteiger partial charge in [0.05, 0.1) is 10.4 Å². The van der Waals surface area contributed by atoms with Gasteiger partial charge in [-0.15, -0.1) is 11.3 Å². The highest BCUT2D eigenvalue weighted by Gasteiger charge is 2.31. The Labute approximate surface area is 113 Å². The van der Waals surface area contributed by atoms with E-state index in [0.29, 0.717) is 15.5 Å². The molecule has 0 radical (unpaired) electrons. The molecule has 0 amide bonds. The first-order valence-electron chi connectivity index (χ1n) is 5.22. The molecule has 0 bridgehead atoms. The second kappa shape index (κ2) is 4.72. The minimum absolute atomic E-state index is 0.116. The van der Waals surface area contributed by atoms with E-state index in [0.717, 1.165) is 0 Å². The van der Waals surface area contributed by atoms with Crippen molar-refractivity contribution in [3.8, 4) is 0 Å². The molecule has 1 heterocycles. The molecular weight excluding hydrogens is 272 g/mol. The number of carboxylic acid groups (broad SMARTS) is 1. The van der Waals surface area contributed by atoms with Crippen LogP contribution in [0.4, 0.5) is 0 Å². The first-order valence-corrected chi connectivity index (χ1v) is 6.48. The van der Waals surface area contributed by atoms with Gasteiger partial charge in [0.25, 0.3) is 0 Å². The Morgan fingerprint density at radius 3 is 2.72 bits per heavy atom. The maximum atomic E-state index is 11.1. The minimum Gasteiger partial charge on any atom is -0.478 e. The van der Waals surface area contributed by atoms with Crippen LogP contribution in [0.3, 0.4) is 0 Å². The molecule has 18 heavy (non-hydrogen) atoms. The molecule has 3 nitrogen and oxygen atoms in total. The number of rotatable bonds is 3. The summed E-state index contributed by atoms with van der Waals surface area (Å²) in [4.78, 5) is 11.5. The van der Waals surface area contributed by atoms with Gasteiger partial charge >= 0.3 is 5.97 Å². The summed E-state index contributed by atoms with van der Waals surface area (Å²) < 4.78 is 0. The zero-order valence-corrected chi connectivity index (χ0v) is 11.1. The van der Waals surface area contributed by atoms with Crippen LogP contribution in [0.2, 0.25) is 5.02 Å². The van der Waals surface area contributed by atoms with Crippen LogP contribution in [0.5, 0.6) is 0 Å². The van der Waals surface area contributed by atoms with Gasteiger partial charge in [0.2, 0.25) is 0 Å². The highest BCUT2D eigenvalue weighted by molar-refractivity contribution is 7.10. The van der Waals surface area contributed by atoms with E-state index in [1.54, 1.807) is 36.6 Å². The number of aliphatic hydroxyl groups is 1. The monoisotopic (exact) mass is 282 g/mol. The van der Waals surface area contributed by atoms with Crippen LogP contribution in [-0.2, 0) is 5.60 Å². The summed E-state index contributed by atoms with van der Waals surface area (Å²) in [5.74, 6) is -1.05. The van der Waals surface area contributed by atoms with Gasteiger partial charge in [-0.25, -0.2) is 4.79 Å². The van der Waals surface area contributed by atoms with E-state index >= 15 is 0 Å². The zero-order valence-electron chi connectivity index (χ0n) is 9.55. The van der Waals surface area contributed by atoms with Crippen LogP contribution in [-0.4, -0.2) is 16.2 Å². The van der Waals surface area contributed by atoms with Gasteiger partial charge < -0.3 is 10.2 Å². The van der Waals surface area contributed by atoms with Crippen LogP contribution < -0.4 is 0 Å². The summed E-state index contributed by atoms with van der Waals surface area (Å²) >= 11 is 7.10. The normalized spacial score (nSPS) is 14.2. The number of carbonyl (C=O) groups is 1. The van der Waals surface area contributed by atoms with E-state index < -0.39 is 11.6 Å². The smallest absolute Gasteiger partial charge is 0.336 e. The molecule has 0 saturated heterocycles. The standard InChI is InChI=1S/C13H11ClO3S/c1-13(17,8-3-2-4-9(14)7-8)11-10(12(15)16)5-6-18-11/h2-7,17H,1H3,(H,15,16). The molecule has 0 spiro atoms. The van der Waals surface area contributed by atoms with Crippen molar-refractivity contribution in [1.82, 2.24) is 0 Å². The molecular formula is C13H11ClO3S. The van der Waals surface area contributed by atoms with Crippen LogP contribution in [0, 0.1) is 0 Å². The largest absolute Gasteiger partial charge is 0.478 e. The summed E-state index contributed by atoms with van der Waals surface area (Å²) in [6.45, 7) is 1.57. The van der Waals surface area contributed by atoms with Gasteiger partial charge in [0, 0.05) is 5.02 Å². The van der Waals surface area contributed by atoms with E-state index in [1.807, 2.05) is 0 Å². The predicted octanol–water partition coefficient (Wildman–Crippen LogP) is 3.36. The molecule has 0 aliphatic carbocycles.